The molecule has 0 saturated carbocycles. The molecule has 2 aromatic rings. The lowest BCUT2D eigenvalue weighted by molar-refractivity contribution is -0.231. The van der Waals surface area contributed by atoms with Crippen LogP contribution in [0.2, 0.25) is 0 Å². The first kappa shape index (κ1) is 22.2. The first-order chi connectivity index (χ1) is 14.7. The van der Waals surface area contributed by atoms with Crippen LogP contribution in [0.3, 0.4) is 0 Å². The minimum Gasteiger partial charge on any atom is -0.467 e. The molecule has 31 heavy (non-hydrogen) atoms. The van der Waals surface area contributed by atoms with Crippen LogP contribution in [0.5, 0.6) is 5.75 Å². The molecule has 0 amide bonds. The van der Waals surface area contributed by atoms with Gasteiger partial charge in [0.15, 0.2) is 6.79 Å². The van der Waals surface area contributed by atoms with Crippen molar-refractivity contribution in [3.63, 3.8) is 0 Å². The van der Waals surface area contributed by atoms with Gasteiger partial charge >= 0.3 is 0 Å². The van der Waals surface area contributed by atoms with Gasteiger partial charge in [0.05, 0.1) is 6.61 Å². The Bertz CT molecular complexity index is 903. The highest BCUT2D eigenvalue weighted by Gasteiger charge is 2.44. The fraction of sp³-hybridized carbons (Fsp3) is 0.500. The minimum atomic E-state index is -1.43. The number of ether oxygens (including phenoxy) is 3. The van der Waals surface area contributed by atoms with Crippen LogP contribution in [0.15, 0.2) is 42.5 Å². The number of rotatable bonds is 3. The smallest absolute Gasteiger partial charge is 0.190 e. The molecule has 0 radical (unpaired) electrons. The highest BCUT2D eigenvalue weighted by atomic mass is 16.7. The summed E-state index contributed by atoms with van der Waals surface area (Å²) in [6.07, 6.45) is -6.40. The van der Waals surface area contributed by atoms with E-state index in [1.165, 1.54) is 5.56 Å². The number of aliphatic hydroxyl groups is 4. The van der Waals surface area contributed by atoms with E-state index in [9.17, 15) is 20.4 Å². The zero-order chi connectivity index (χ0) is 22.3. The highest BCUT2D eigenvalue weighted by Crippen LogP contribution is 2.41. The summed E-state index contributed by atoms with van der Waals surface area (Å²) in [7, 11) is 0. The number of hydrogen-bond acceptors (Lipinski definition) is 7. The fourth-order valence-electron chi connectivity index (χ4n) is 4.15. The average Bonchev–Trinajstić information content (AvgIpc) is 2.76. The summed E-state index contributed by atoms with van der Waals surface area (Å²) in [6.45, 7) is 6.14. The van der Waals surface area contributed by atoms with Gasteiger partial charge in [-0.25, -0.2) is 0 Å². The molecular weight excluding hydrogens is 400 g/mol. The van der Waals surface area contributed by atoms with Crippen molar-refractivity contribution in [1.29, 1.82) is 0 Å². The molecule has 2 aromatic carbocycles. The Morgan fingerprint density at radius 1 is 0.903 bits per heavy atom. The van der Waals surface area contributed by atoms with Gasteiger partial charge in [-0.15, -0.1) is 0 Å². The van der Waals surface area contributed by atoms with Crippen molar-refractivity contribution in [2.45, 2.75) is 62.8 Å². The van der Waals surface area contributed by atoms with Crippen LogP contribution in [-0.2, 0) is 14.9 Å². The van der Waals surface area contributed by atoms with Gasteiger partial charge in [0, 0.05) is 5.56 Å². The average molecular weight is 430 g/mol. The second-order valence-corrected chi connectivity index (χ2v) is 9.23. The highest BCUT2D eigenvalue weighted by molar-refractivity contribution is 5.45. The number of benzene rings is 2. The number of aliphatic hydroxyl groups excluding tert-OH is 4. The Hall–Kier alpha value is -2.00. The van der Waals surface area contributed by atoms with Gasteiger partial charge in [0.1, 0.15) is 42.4 Å². The van der Waals surface area contributed by atoms with Gasteiger partial charge in [-0.3, -0.25) is 0 Å². The lowest BCUT2D eigenvalue weighted by Crippen LogP contribution is -2.55. The SMILES string of the molecule is CC(C)(C)c1ccc(C2OCOc3ccc(C4OC(CO)C(O)C(O)C4O)cc32)cc1. The van der Waals surface area contributed by atoms with Gasteiger partial charge in [0.25, 0.3) is 0 Å². The van der Waals surface area contributed by atoms with Gasteiger partial charge in [-0.2, -0.15) is 0 Å². The molecule has 4 rings (SSSR count). The molecule has 2 heterocycles. The third-order valence-corrected chi connectivity index (χ3v) is 6.07. The Morgan fingerprint density at radius 3 is 2.23 bits per heavy atom. The number of hydrogen-bond donors (Lipinski definition) is 4. The van der Waals surface area contributed by atoms with Crippen LogP contribution in [-0.4, -0.2) is 58.2 Å². The van der Waals surface area contributed by atoms with Gasteiger partial charge in [0.2, 0.25) is 0 Å². The Balaban J connectivity index is 1.67. The van der Waals surface area contributed by atoms with Gasteiger partial charge in [-0.05, 0) is 34.2 Å². The zero-order valence-corrected chi connectivity index (χ0v) is 17.9. The summed E-state index contributed by atoms with van der Waals surface area (Å²) >= 11 is 0. The summed E-state index contributed by atoms with van der Waals surface area (Å²) in [5, 5.41) is 40.2. The second-order valence-electron chi connectivity index (χ2n) is 9.23. The second kappa shape index (κ2) is 8.50. The Morgan fingerprint density at radius 2 is 1.58 bits per heavy atom. The summed E-state index contributed by atoms with van der Waals surface area (Å²) in [5.74, 6) is 0.671. The van der Waals surface area contributed by atoms with Gasteiger partial charge < -0.3 is 34.6 Å². The van der Waals surface area contributed by atoms with E-state index < -0.39 is 37.1 Å². The van der Waals surface area contributed by atoms with Crippen molar-refractivity contribution >= 4 is 0 Å². The van der Waals surface area contributed by atoms with Crippen LogP contribution < -0.4 is 4.74 Å². The first-order valence-electron chi connectivity index (χ1n) is 10.5. The van der Waals surface area contributed by atoms with E-state index in [0.29, 0.717) is 11.3 Å². The summed E-state index contributed by atoms with van der Waals surface area (Å²) in [5.41, 5.74) is 3.62. The largest absolute Gasteiger partial charge is 0.467 e. The Kier molecular flexibility index (Phi) is 6.09. The van der Waals surface area contributed by atoms with Crippen molar-refractivity contribution in [1.82, 2.24) is 0 Å². The Labute approximate surface area is 181 Å². The van der Waals surface area contributed by atoms with Crippen molar-refractivity contribution < 1.29 is 34.6 Å². The van der Waals surface area contributed by atoms with E-state index in [1.807, 2.05) is 18.2 Å². The molecule has 1 saturated heterocycles. The van der Waals surface area contributed by atoms with Crippen molar-refractivity contribution in [2.24, 2.45) is 0 Å². The third kappa shape index (κ3) is 4.22. The van der Waals surface area contributed by atoms with E-state index in [-0.39, 0.29) is 18.3 Å². The predicted molar refractivity (Wildman–Crippen MR) is 113 cm³/mol. The summed E-state index contributed by atoms with van der Waals surface area (Å²) in [6, 6.07) is 13.6. The number of fused-ring (bicyclic) bond motifs is 1. The molecular formula is C24H30O7. The normalized spacial score (nSPS) is 31.1. The van der Waals surface area contributed by atoms with E-state index in [0.717, 1.165) is 11.1 Å². The van der Waals surface area contributed by atoms with Crippen molar-refractivity contribution in [2.75, 3.05) is 13.4 Å². The van der Waals surface area contributed by atoms with E-state index in [1.54, 1.807) is 12.1 Å². The molecule has 0 spiro atoms. The molecule has 2 aliphatic rings. The summed E-state index contributed by atoms with van der Waals surface area (Å²) in [4.78, 5) is 0. The third-order valence-electron chi connectivity index (χ3n) is 6.07. The monoisotopic (exact) mass is 430 g/mol. The molecule has 168 valence electrons. The lowest BCUT2D eigenvalue weighted by atomic mass is 9.85. The maximum atomic E-state index is 10.5. The molecule has 0 aliphatic carbocycles. The van der Waals surface area contributed by atoms with Crippen LogP contribution >= 0.6 is 0 Å². The van der Waals surface area contributed by atoms with Crippen molar-refractivity contribution in [3.05, 3.63) is 64.7 Å². The molecule has 0 aromatic heterocycles. The topological polar surface area (TPSA) is 109 Å². The van der Waals surface area contributed by atoms with Crippen LogP contribution in [0, 0.1) is 0 Å². The lowest BCUT2D eigenvalue weighted by Gasteiger charge is -2.40. The molecule has 7 nitrogen and oxygen atoms in total. The molecule has 7 heteroatoms. The van der Waals surface area contributed by atoms with E-state index in [2.05, 4.69) is 32.9 Å². The predicted octanol–water partition coefficient (Wildman–Crippen LogP) is 1.95. The van der Waals surface area contributed by atoms with Gasteiger partial charge in [-0.1, -0.05) is 51.1 Å². The molecule has 0 bridgehead atoms. The van der Waals surface area contributed by atoms with Crippen molar-refractivity contribution in [3.8, 4) is 5.75 Å². The van der Waals surface area contributed by atoms with Crippen LogP contribution in [0.4, 0.5) is 0 Å². The summed E-state index contributed by atoms with van der Waals surface area (Å²) < 4.78 is 17.3. The molecule has 2 aliphatic heterocycles. The van der Waals surface area contributed by atoms with E-state index in [4.69, 9.17) is 14.2 Å². The zero-order valence-electron chi connectivity index (χ0n) is 17.9. The minimum absolute atomic E-state index is 0.0449. The molecule has 6 atom stereocenters. The maximum absolute atomic E-state index is 10.5. The maximum Gasteiger partial charge on any atom is 0.190 e. The standard InChI is InChI=1S/C24H30O7/c1-24(2,3)15-7-4-13(5-8-15)22-16-10-14(6-9-17(16)29-12-30-22)23-21(28)20(27)19(26)18(11-25)31-23/h4-10,18-23,25-28H,11-12H2,1-3H3. The molecule has 6 unspecified atom stereocenters. The fourth-order valence-corrected chi connectivity index (χ4v) is 4.15. The van der Waals surface area contributed by atoms with Crippen LogP contribution in [0.1, 0.15) is 55.2 Å². The quantitative estimate of drug-likeness (QED) is 0.589. The molecule has 4 N–H and O–H groups in total. The van der Waals surface area contributed by atoms with Crippen LogP contribution in [0.25, 0.3) is 0 Å². The molecule has 1 fully saturated rings. The first-order valence-corrected chi connectivity index (χ1v) is 10.5. The van der Waals surface area contributed by atoms with E-state index >= 15 is 0 Å².